The molecular formula is C12H18ClNOS. The normalized spacial score (nSPS) is 11.1. The Morgan fingerprint density at radius 3 is 2.81 bits per heavy atom. The lowest BCUT2D eigenvalue weighted by Gasteiger charge is -2.13. The summed E-state index contributed by atoms with van der Waals surface area (Å²) in [6.45, 7) is 5.17. The number of nitrogens with one attached hydrogen (secondary N) is 1. The summed E-state index contributed by atoms with van der Waals surface area (Å²) < 4.78 is 0. The van der Waals surface area contributed by atoms with E-state index in [9.17, 15) is 0 Å². The highest BCUT2D eigenvalue weighted by Gasteiger charge is 2.07. The van der Waals surface area contributed by atoms with Crippen LogP contribution in [-0.2, 0) is 6.54 Å². The highest BCUT2D eigenvalue weighted by atomic mass is 35.5. The van der Waals surface area contributed by atoms with Crippen molar-refractivity contribution in [3.63, 3.8) is 0 Å². The smallest absolute Gasteiger partial charge is 0.0525 e. The second-order valence-electron chi connectivity index (χ2n) is 3.82. The molecule has 0 bridgehead atoms. The van der Waals surface area contributed by atoms with E-state index in [1.165, 1.54) is 0 Å². The molecule has 0 saturated heterocycles. The van der Waals surface area contributed by atoms with Gasteiger partial charge in [-0.25, -0.2) is 0 Å². The Morgan fingerprint density at radius 1 is 1.44 bits per heavy atom. The van der Waals surface area contributed by atoms with Gasteiger partial charge >= 0.3 is 0 Å². The molecule has 1 aromatic carbocycles. The third kappa shape index (κ3) is 4.34. The van der Waals surface area contributed by atoms with Gasteiger partial charge in [0.15, 0.2) is 0 Å². The number of aliphatic hydroxyl groups is 1. The molecule has 0 atom stereocenters. The van der Waals surface area contributed by atoms with Gasteiger partial charge in [0.05, 0.1) is 6.61 Å². The van der Waals surface area contributed by atoms with Crippen molar-refractivity contribution >= 4 is 23.4 Å². The van der Waals surface area contributed by atoms with Crippen molar-refractivity contribution in [2.45, 2.75) is 31.3 Å². The highest BCUT2D eigenvalue weighted by Crippen LogP contribution is 2.28. The van der Waals surface area contributed by atoms with Crippen LogP contribution in [0.15, 0.2) is 23.1 Å². The van der Waals surface area contributed by atoms with Gasteiger partial charge in [-0.3, -0.25) is 0 Å². The van der Waals surface area contributed by atoms with Crippen LogP contribution in [0.3, 0.4) is 0 Å². The Kier molecular flexibility index (Phi) is 6.21. The average molecular weight is 260 g/mol. The summed E-state index contributed by atoms with van der Waals surface area (Å²) in [6.07, 6.45) is 0. The minimum atomic E-state index is 0.189. The molecule has 4 heteroatoms. The van der Waals surface area contributed by atoms with Gasteiger partial charge in [-0.05, 0) is 17.7 Å². The lowest BCUT2D eigenvalue weighted by molar-refractivity contribution is 0.322. The van der Waals surface area contributed by atoms with E-state index in [2.05, 4.69) is 19.2 Å². The maximum absolute atomic E-state index is 8.84. The molecule has 0 fully saturated rings. The van der Waals surface area contributed by atoms with Crippen LogP contribution in [0.4, 0.5) is 0 Å². The van der Waals surface area contributed by atoms with Gasteiger partial charge in [0.25, 0.3) is 0 Å². The molecule has 0 aliphatic carbocycles. The molecule has 0 amide bonds. The third-order valence-corrected chi connectivity index (χ3v) is 3.55. The quantitative estimate of drug-likeness (QED) is 0.771. The van der Waals surface area contributed by atoms with Crippen molar-refractivity contribution in [1.29, 1.82) is 0 Å². The second-order valence-corrected chi connectivity index (χ2v) is 5.37. The molecule has 0 aliphatic heterocycles. The van der Waals surface area contributed by atoms with E-state index < -0.39 is 0 Å². The second kappa shape index (κ2) is 7.17. The summed E-state index contributed by atoms with van der Waals surface area (Å²) in [5.41, 5.74) is 1.12. The molecule has 0 spiro atoms. The fourth-order valence-electron chi connectivity index (χ4n) is 1.31. The number of hydrogen-bond donors (Lipinski definition) is 2. The van der Waals surface area contributed by atoms with E-state index in [1.54, 1.807) is 11.8 Å². The van der Waals surface area contributed by atoms with Crippen LogP contribution in [0.1, 0.15) is 19.4 Å². The van der Waals surface area contributed by atoms with Crippen LogP contribution >= 0.6 is 23.4 Å². The van der Waals surface area contributed by atoms with Crippen LogP contribution in [0, 0.1) is 0 Å². The summed E-state index contributed by atoms with van der Waals surface area (Å²) in [6, 6.07) is 6.33. The molecule has 2 nitrogen and oxygen atoms in total. The van der Waals surface area contributed by atoms with Crippen LogP contribution in [-0.4, -0.2) is 23.5 Å². The molecule has 0 aliphatic rings. The first kappa shape index (κ1) is 13.8. The lowest BCUT2D eigenvalue weighted by atomic mass is 10.2. The number of aliphatic hydroxyl groups excluding tert-OH is 1. The van der Waals surface area contributed by atoms with Gasteiger partial charge in [-0.15, -0.1) is 11.8 Å². The van der Waals surface area contributed by atoms with Gasteiger partial charge in [-0.2, -0.15) is 0 Å². The van der Waals surface area contributed by atoms with Crippen molar-refractivity contribution in [3.05, 3.63) is 28.8 Å². The average Bonchev–Trinajstić information content (AvgIpc) is 2.24. The fraction of sp³-hybridized carbons (Fsp3) is 0.500. The van der Waals surface area contributed by atoms with Gasteiger partial charge in [0.2, 0.25) is 0 Å². The molecule has 1 aromatic rings. The Hall–Kier alpha value is -0.220. The van der Waals surface area contributed by atoms with E-state index in [-0.39, 0.29) is 6.61 Å². The van der Waals surface area contributed by atoms with Gasteiger partial charge in [-0.1, -0.05) is 31.5 Å². The van der Waals surface area contributed by atoms with Crippen LogP contribution in [0.5, 0.6) is 0 Å². The molecule has 16 heavy (non-hydrogen) atoms. The minimum Gasteiger partial charge on any atom is -0.396 e. The molecule has 0 aromatic heterocycles. The molecule has 0 saturated carbocycles. The first-order chi connectivity index (χ1) is 7.65. The Bertz CT molecular complexity index is 331. The Morgan fingerprint density at radius 2 is 2.19 bits per heavy atom. The van der Waals surface area contributed by atoms with E-state index in [4.69, 9.17) is 16.7 Å². The monoisotopic (exact) mass is 259 g/mol. The van der Waals surface area contributed by atoms with Crippen molar-refractivity contribution in [3.8, 4) is 0 Å². The first-order valence-electron chi connectivity index (χ1n) is 5.39. The van der Waals surface area contributed by atoms with Crippen molar-refractivity contribution < 1.29 is 5.11 Å². The van der Waals surface area contributed by atoms with E-state index >= 15 is 0 Å². The molecular weight excluding hydrogens is 242 g/mol. The van der Waals surface area contributed by atoms with E-state index in [0.717, 1.165) is 22.0 Å². The highest BCUT2D eigenvalue weighted by molar-refractivity contribution is 7.99. The van der Waals surface area contributed by atoms with Gasteiger partial charge < -0.3 is 10.4 Å². The first-order valence-corrected chi connectivity index (χ1v) is 6.76. The zero-order valence-corrected chi connectivity index (χ0v) is 11.2. The third-order valence-electron chi connectivity index (χ3n) is 2.11. The largest absolute Gasteiger partial charge is 0.396 e. The predicted octanol–water partition coefficient (Wildman–Crippen LogP) is 2.92. The molecule has 0 heterocycles. The van der Waals surface area contributed by atoms with E-state index in [0.29, 0.717) is 11.8 Å². The molecule has 90 valence electrons. The van der Waals surface area contributed by atoms with Gasteiger partial charge in [0, 0.05) is 28.3 Å². The van der Waals surface area contributed by atoms with Crippen LogP contribution < -0.4 is 5.32 Å². The SMILES string of the molecule is CC(C)NCc1c(Cl)cccc1SCCO. The van der Waals surface area contributed by atoms with Crippen LogP contribution in [0.2, 0.25) is 5.02 Å². The number of thioether (sulfide) groups is 1. The molecule has 2 N–H and O–H groups in total. The number of hydrogen-bond acceptors (Lipinski definition) is 3. The number of benzene rings is 1. The van der Waals surface area contributed by atoms with Crippen molar-refractivity contribution in [2.75, 3.05) is 12.4 Å². The summed E-state index contributed by atoms with van der Waals surface area (Å²) in [7, 11) is 0. The summed E-state index contributed by atoms with van der Waals surface area (Å²) >= 11 is 7.81. The maximum Gasteiger partial charge on any atom is 0.0525 e. The van der Waals surface area contributed by atoms with Crippen molar-refractivity contribution in [1.82, 2.24) is 5.32 Å². The topological polar surface area (TPSA) is 32.3 Å². The predicted molar refractivity (Wildman–Crippen MR) is 71.2 cm³/mol. The summed E-state index contributed by atoms with van der Waals surface area (Å²) in [5, 5.41) is 13.0. The minimum absolute atomic E-state index is 0.189. The maximum atomic E-state index is 8.84. The Balaban J connectivity index is 2.77. The lowest BCUT2D eigenvalue weighted by Crippen LogP contribution is -2.22. The zero-order chi connectivity index (χ0) is 12.0. The summed E-state index contributed by atoms with van der Waals surface area (Å²) in [5.74, 6) is 0.703. The Labute approximate surface area is 106 Å². The standard InChI is InChI=1S/C12H18ClNOS/c1-9(2)14-8-10-11(13)4-3-5-12(10)16-7-6-15/h3-5,9,14-15H,6-8H2,1-2H3. The fourth-order valence-corrected chi connectivity index (χ4v) is 2.45. The summed E-state index contributed by atoms with van der Waals surface area (Å²) in [4.78, 5) is 1.15. The number of halogens is 1. The van der Waals surface area contributed by atoms with Crippen molar-refractivity contribution in [2.24, 2.45) is 0 Å². The van der Waals surface area contributed by atoms with Gasteiger partial charge in [0.1, 0.15) is 0 Å². The molecule has 1 rings (SSSR count). The molecule has 0 radical (unpaired) electrons. The molecule has 0 unspecified atom stereocenters. The number of rotatable bonds is 6. The zero-order valence-electron chi connectivity index (χ0n) is 9.66. The van der Waals surface area contributed by atoms with Crippen LogP contribution in [0.25, 0.3) is 0 Å². The van der Waals surface area contributed by atoms with E-state index in [1.807, 2.05) is 18.2 Å².